The highest BCUT2D eigenvalue weighted by atomic mass is 32.2. The van der Waals surface area contributed by atoms with Crippen LogP contribution in [0.15, 0.2) is 34.2 Å². The van der Waals surface area contributed by atoms with Gasteiger partial charge >= 0.3 is 5.97 Å². The Bertz CT molecular complexity index is 898. The highest BCUT2D eigenvalue weighted by molar-refractivity contribution is 7.99. The van der Waals surface area contributed by atoms with Gasteiger partial charge in [-0.1, -0.05) is 37.9 Å². The van der Waals surface area contributed by atoms with E-state index in [1.54, 1.807) is 24.3 Å². The number of aromatic nitrogens is 3. The number of aryl methyl sites for hydroxylation is 1. The minimum Gasteiger partial charge on any atom is -0.462 e. The van der Waals surface area contributed by atoms with Gasteiger partial charge in [0.1, 0.15) is 5.69 Å². The van der Waals surface area contributed by atoms with Crippen LogP contribution in [-0.4, -0.2) is 39.1 Å². The van der Waals surface area contributed by atoms with E-state index >= 15 is 0 Å². The Morgan fingerprint density at radius 1 is 1.17 bits per heavy atom. The summed E-state index contributed by atoms with van der Waals surface area (Å²) in [5.74, 6) is 4.94. The molecule has 1 aromatic carbocycles. The first-order chi connectivity index (χ1) is 13.9. The Labute approximate surface area is 173 Å². The molecule has 0 saturated heterocycles. The molecule has 29 heavy (non-hydrogen) atoms. The van der Waals surface area contributed by atoms with E-state index in [0.29, 0.717) is 17.9 Å². The van der Waals surface area contributed by atoms with Gasteiger partial charge in [0, 0.05) is 5.69 Å². The maximum absolute atomic E-state index is 12.1. The van der Waals surface area contributed by atoms with E-state index in [1.165, 1.54) is 6.92 Å². The molecule has 9 nitrogen and oxygen atoms in total. The molecular weight excluding hydrogens is 394 g/mol. The lowest BCUT2D eigenvalue weighted by molar-refractivity contribution is -0.113. The number of nitrogens with two attached hydrogens (primary N) is 1. The normalized spacial score (nSPS) is 10.6. The summed E-state index contributed by atoms with van der Waals surface area (Å²) in [6.07, 6.45) is 4.16. The molecule has 0 atom stereocenters. The third kappa shape index (κ3) is 6.90. The van der Waals surface area contributed by atoms with Crippen LogP contribution in [0, 0.1) is 6.92 Å². The van der Waals surface area contributed by atoms with Crippen LogP contribution < -0.4 is 16.7 Å². The van der Waals surface area contributed by atoms with E-state index in [1.807, 2.05) is 0 Å². The van der Waals surface area contributed by atoms with E-state index in [2.05, 4.69) is 22.4 Å². The molecule has 0 saturated carbocycles. The molecule has 0 unspecified atom stereocenters. The molecule has 2 aromatic rings. The lowest BCUT2D eigenvalue weighted by Gasteiger charge is -2.08. The Morgan fingerprint density at radius 3 is 2.59 bits per heavy atom. The smallest absolute Gasteiger partial charge is 0.338 e. The number of nitrogen functional groups attached to an aromatic ring is 1. The molecule has 0 fully saturated rings. The Balaban J connectivity index is 1.81. The molecule has 1 heterocycles. The second kappa shape index (κ2) is 11.2. The van der Waals surface area contributed by atoms with Crippen molar-refractivity contribution < 1.29 is 14.3 Å². The van der Waals surface area contributed by atoms with Crippen molar-refractivity contribution in [2.45, 2.75) is 44.7 Å². The Hall–Kier alpha value is -2.88. The van der Waals surface area contributed by atoms with Crippen molar-refractivity contribution in [3.8, 4) is 0 Å². The number of esters is 1. The molecule has 0 aliphatic heterocycles. The topological polar surface area (TPSA) is 129 Å². The summed E-state index contributed by atoms with van der Waals surface area (Å²) in [6, 6.07) is 6.45. The van der Waals surface area contributed by atoms with Crippen LogP contribution in [0.3, 0.4) is 0 Å². The van der Waals surface area contributed by atoms with Crippen molar-refractivity contribution >= 4 is 29.3 Å². The number of nitrogens with one attached hydrogen (secondary N) is 1. The summed E-state index contributed by atoms with van der Waals surface area (Å²) in [4.78, 5) is 35.8. The maximum atomic E-state index is 12.1. The quantitative estimate of drug-likeness (QED) is 0.259. The number of amides is 1. The molecule has 156 valence electrons. The first-order valence-electron chi connectivity index (χ1n) is 9.33. The number of rotatable bonds is 10. The van der Waals surface area contributed by atoms with Crippen LogP contribution in [0.1, 0.15) is 48.7 Å². The summed E-state index contributed by atoms with van der Waals surface area (Å²) < 4.78 is 6.09. The molecule has 0 spiro atoms. The summed E-state index contributed by atoms with van der Waals surface area (Å²) in [7, 11) is 0. The average Bonchev–Trinajstić information content (AvgIpc) is 2.72. The lowest BCUT2D eigenvalue weighted by atomic mass is 10.2. The van der Waals surface area contributed by atoms with Crippen molar-refractivity contribution in [3.05, 3.63) is 45.9 Å². The summed E-state index contributed by atoms with van der Waals surface area (Å²) in [6.45, 7) is 4.03. The van der Waals surface area contributed by atoms with Crippen molar-refractivity contribution in [3.63, 3.8) is 0 Å². The number of carbonyl (C=O) groups is 2. The highest BCUT2D eigenvalue weighted by Gasteiger charge is 2.11. The van der Waals surface area contributed by atoms with E-state index in [4.69, 9.17) is 10.6 Å². The number of carbonyl (C=O) groups excluding carboxylic acids is 2. The minimum atomic E-state index is -0.462. The van der Waals surface area contributed by atoms with E-state index < -0.39 is 5.56 Å². The van der Waals surface area contributed by atoms with Crippen molar-refractivity contribution in [2.24, 2.45) is 0 Å². The number of anilines is 1. The zero-order chi connectivity index (χ0) is 21.2. The molecule has 0 radical (unpaired) electrons. The van der Waals surface area contributed by atoms with Crippen LogP contribution >= 0.6 is 11.8 Å². The number of hydrogen-bond acceptors (Lipinski definition) is 8. The second-order valence-electron chi connectivity index (χ2n) is 6.35. The fraction of sp³-hybridized carbons (Fsp3) is 0.421. The molecule has 3 N–H and O–H groups in total. The van der Waals surface area contributed by atoms with Crippen LogP contribution in [0.25, 0.3) is 0 Å². The van der Waals surface area contributed by atoms with Crippen molar-refractivity contribution in [1.29, 1.82) is 0 Å². The summed E-state index contributed by atoms with van der Waals surface area (Å²) in [5.41, 5.74) is 0.682. The van der Waals surface area contributed by atoms with Crippen LogP contribution in [-0.2, 0) is 9.53 Å². The fourth-order valence-electron chi connectivity index (χ4n) is 2.36. The molecule has 0 aliphatic carbocycles. The predicted molar refractivity (Wildman–Crippen MR) is 111 cm³/mol. The molecule has 0 bridgehead atoms. The average molecular weight is 420 g/mol. The van der Waals surface area contributed by atoms with Crippen LogP contribution in [0.4, 0.5) is 5.69 Å². The van der Waals surface area contributed by atoms with Gasteiger partial charge in [0.25, 0.3) is 5.56 Å². The van der Waals surface area contributed by atoms with Crippen LogP contribution in [0.5, 0.6) is 0 Å². The van der Waals surface area contributed by atoms with Gasteiger partial charge in [-0.15, -0.1) is 10.2 Å². The third-order valence-electron chi connectivity index (χ3n) is 3.99. The van der Waals surface area contributed by atoms with Crippen molar-refractivity contribution in [1.82, 2.24) is 14.9 Å². The van der Waals surface area contributed by atoms with Gasteiger partial charge < -0.3 is 15.9 Å². The first-order valence-corrected chi connectivity index (χ1v) is 10.3. The molecular formula is C19H25N5O4S. The standard InChI is InChI=1S/C19H25N5O4S/c1-3-4-5-6-11-28-18(27)14-7-9-15(10-8-14)21-16(25)12-29-19-23-22-13(2)17(26)24(19)20/h7-10H,3-6,11-12,20H2,1-2H3,(H,21,25). The monoisotopic (exact) mass is 419 g/mol. The van der Waals surface area contributed by atoms with Gasteiger partial charge in [0.05, 0.1) is 17.9 Å². The van der Waals surface area contributed by atoms with Gasteiger partial charge in [-0.2, -0.15) is 4.68 Å². The number of nitrogens with zero attached hydrogens (tertiary/aromatic N) is 3. The number of ether oxygens (including phenoxy) is 1. The molecule has 0 aliphatic rings. The lowest BCUT2D eigenvalue weighted by Crippen LogP contribution is -2.32. The minimum absolute atomic E-state index is 0.00403. The van der Waals surface area contributed by atoms with E-state index in [9.17, 15) is 14.4 Å². The zero-order valence-corrected chi connectivity index (χ0v) is 17.3. The van der Waals surface area contributed by atoms with E-state index in [-0.39, 0.29) is 28.5 Å². The van der Waals surface area contributed by atoms with Gasteiger partial charge in [0.15, 0.2) is 0 Å². The van der Waals surface area contributed by atoms with Gasteiger partial charge in [-0.25, -0.2) is 4.79 Å². The van der Waals surface area contributed by atoms with Gasteiger partial charge in [-0.3, -0.25) is 9.59 Å². The largest absolute Gasteiger partial charge is 0.462 e. The summed E-state index contributed by atoms with van der Waals surface area (Å²) >= 11 is 0.998. The Morgan fingerprint density at radius 2 is 1.90 bits per heavy atom. The van der Waals surface area contributed by atoms with Gasteiger partial charge in [-0.05, 0) is 37.6 Å². The third-order valence-corrected chi connectivity index (χ3v) is 4.93. The van der Waals surface area contributed by atoms with Gasteiger partial charge in [0.2, 0.25) is 11.1 Å². The Kier molecular flexibility index (Phi) is 8.66. The van der Waals surface area contributed by atoms with E-state index in [0.717, 1.165) is 42.1 Å². The molecule has 1 aromatic heterocycles. The van der Waals surface area contributed by atoms with Crippen molar-refractivity contribution in [2.75, 3.05) is 23.5 Å². The zero-order valence-electron chi connectivity index (χ0n) is 16.5. The fourth-order valence-corrected chi connectivity index (χ4v) is 3.02. The highest BCUT2D eigenvalue weighted by Crippen LogP contribution is 2.14. The molecule has 10 heteroatoms. The molecule has 2 rings (SSSR count). The maximum Gasteiger partial charge on any atom is 0.338 e. The SMILES string of the molecule is CCCCCCOC(=O)c1ccc(NC(=O)CSc2nnc(C)c(=O)n2N)cc1. The summed E-state index contributed by atoms with van der Waals surface area (Å²) in [5, 5.41) is 10.4. The number of hydrogen-bond donors (Lipinski definition) is 2. The predicted octanol–water partition coefficient (Wildman–Crippen LogP) is 2.13. The second-order valence-corrected chi connectivity index (χ2v) is 7.30. The number of benzene rings is 1. The van der Waals surface area contributed by atoms with Crippen LogP contribution in [0.2, 0.25) is 0 Å². The number of unbranched alkanes of at least 4 members (excludes halogenated alkanes) is 3. The molecule has 1 amide bonds. The number of thioether (sulfide) groups is 1. The first kappa shape index (κ1) is 22.4.